The van der Waals surface area contributed by atoms with Gasteiger partial charge in [-0.25, -0.2) is 0 Å². The van der Waals surface area contributed by atoms with Crippen LogP contribution >= 0.6 is 11.3 Å². The fraction of sp³-hybridized carbons (Fsp3) is 0.333. The van der Waals surface area contributed by atoms with E-state index in [2.05, 4.69) is 16.1 Å². The quantitative estimate of drug-likeness (QED) is 0.556. The van der Waals surface area contributed by atoms with E-state index in [-0.39, 0.29) is 0 Å². The maximum Gasteiger partial charge on any atom is 0.0482 e. The van der Waals surface area contributed by atoms with E-state index in [4.69, 9.17) is 0 Å². The second kappa shape index (κ2) is 1.49. The topological polar surface area (TPSA) is 12.0 Å². The summed E-state index contributed by atoms with van der Waals surface area (Å²) in [5.74, 6) is 0. The van der Waals surface area contributed by atoms with Gasteiger partial charge in [-0.1, -0.05) is 0 Å². The summed E-state index contributed by atoms with van der Waals surface area (Å²) in [6, 6.07) is 0. The van der Waals surface area contributed by atoms with Crippen molar-refractivity contribution >= 4 is 17.0 Å². The summed E-state index contributed by atoms with van der Waals surface area (Å²) in [4.78, 5) is 0. The highest BCUT2D eigenvalue weighted by molar-refractivity contribution is 7.08. The molecule has 0 spiro atoms. The lowest BCUT2D eigenvalue weighted by molar-refractivity contribution is 1.11. The van der Waals surface area contributed by atoms with E-state index in [9.17, 15) is 0 Å². The molecule has 2 rings (SSSR count). The molecular weight excluding hydrogens is 118 g/mol. The van der Waals surface area contributed by atoms with Crippen molar-refractivity contribution < 1.29 is 0 Å². The van der Waals surface area contributed by atoms with Crippen LogP contribution in [0.3, 0.4) is 0 Å². The summed E-state index contributed by atoms with van der Waals surface area (Å²) in [5, 5.41) is 7.68. The molecule has 0 atom stereocenters. The molecule has 0 bridgehead atoms. The Kier molecular flexibility index (Phi) is 0.815. The van der Waals surface area contributed by atoms with Crippen molar-refractivity contribution in [3.05, 3.63) is 16.3 Å². The molecule has 0 aliphatic carbocycles. The SMILES string of the molecule is c1scc2c1CCN2. The van der Waals surface area contributed by atoms with Gasteiger partial charge >= 0.3 is 0 Å². The van der Waals surface area contributed by atoms with Gasteiger partial charge in [0.25, 0.3) is 0 Å². The van der Waals surface area contributed by atoms with Crippen molar-refractivity contribution in [2.24, 2.45) is 0 Å². The van der Waals surface area contributed by atoms with Crippen LogP contribution < -0.4 is 5.32 Å². The van der Waals surface area contributed by atoms with Gasteiger partial charge < -0.3 is 5.32 Å². The number of hydrogen-bond acceptors (Lipinski definition) is 2. The molecule has 1 aliphatic heterocycles. The van der Waals surface area contributed by atoms with Crippen molar-refractivity contribution in [1.82, 2.24) is 0 Å². The number of hydrogen-bond donors (Lipinski definition) is 1. The van der Waals surface area contributed by atoms with Crippen LogP contribution in [0.2, 0.25) is 0 Å². The summed E-state index contributed by atoms with van der Waals surface area (Å²) < 4.78 is 0. The Balaban J connectivity index is 2.54. The first-order valence-electron chi connectivity index (χ1n) is 2.76. The van der Waals surface area contributed by atoms with Gasteiger partial charge in [0.15, 0.2) is 0 Å². The van der Waals surface area contributed by atoms with Crippen LogP contribution in [-0.2, 0) is 6.42 Å². The van der Waals surface area contributed by atoms with Crippen molar-refractivity contribution in [1.29, 1.82) is 0 Å². The van der Waals surface area contributed by atoms with Crippen molar-refractivity contribution in [2.75, 3.05) is 11.9 Å². The molecule has 2 heteroatoms. The van der Waals surface area contributed by atoms with E-state index in [0.717, 1.165) is 6.54 Å². The zero-order valence-corrected chi connectivity index (χ0v) is 5.29. The Morgan fingerprint density at radius 2 is 2.50 bits per heavy atom. The predicted octanol–water partition coefficient (Wildman–Crippen LogP) is 1.72. The van der Waals surface area contributed by atoms with Crippen LogP contribution in [0.5, 0.6) is 0 Å². The fourth-order valence-electron chi connectivity index (χ4n) is 1.00. The lowest BCUT2D eigenvalue weighted by Crippen LogP contribution is -1.90. The first-order valence-corrected chi connectivity index (χ1v) is 3.70. The molecule has 0 saturated heterocycles. The molecule has 1 aromatic heterocycles. The first-order chi connectivity index (χ1) is 3.97. The van der Waals surface area contributed by atoms with Gasteiger partial charge in [-0.2, -0.15) is 0 Å². The van der Waals surface area contributed by atoms with Gasteiger partial charge in [0, 0.05) is 17.6 Å². The molecule has 2 heterocycles. The average Bonchev–Trinajstić information content (AvgIpc) is 2.15. The molecule has 0 amide bonds. The standard InChI is InChI=1S/C6H7NS/c1-2-7-6-4-8-3-5(1)6/h3-4,7H,1-2H2. The van der Waals surface area contributed by atoms with Gasteiger partial charge in [0.05, 0.1) is 0 Å². The van der Waals surface area contributed by atoms with Crippen molar-refractivity contribution in [3.8, 4) is 0 Å². The van der Waals surface area contributed by atoms with Crippen molar-refractivity contribution in [3.63, 3.8) is 0 Å². The van der Waals surface area contributed by atoms with Crippen LogP contribution in [0, 0.1) is 0 Å². The summed E-state index contributed by atoms with van der Waals surface area (Å²) in [6.45, 7) is 1.14. The summed E-state index contributed by atoms with van der Waals surface area (Å²) in [5.41, 5.74) is 2.85. The van der Waals surface area contributed by atoms with Gasteiger partial charge in [-0.05, 0) is 17.4 Å². The average molecular weight is 125 g/mol. The molecule has 0 radical (unpaired) electrons. The Labute approximate surface area is 52.3 Å². The smallest absolute Gasteiger partial charge is 0.0482 e. The van der Waals surface area contributed by atoms with Crippen molar-refractivity contribution in [2.45, 2.75) is 6.42 Å². The number of rotatable bonds is 0. The zero-order valence-electron chi connectivity index (χ0n) is 4.48. The van der Waals surface area contributed by atoms with E-state index in [1.807, 2.05) is 0 Å². The molecule has 1 aliphatic rings. The fourth-order valence-corrected chi connectivity index (χ4v) is 1.85. The number of fused-ring (bicyclic) bond motifs is 1. The third kappa shape index (κ3) is 0.464. The minimum atomic E-state index is 1.14. The molecular formula is C6H7NS. The zero-order chi connectivity index (χ0) is 5.40. The van der Waals surface area contributed by atoms with Crippen LogP contribution in [-0.4, -0.2) is 6.54 Å². The Hall–Kier alpha value is -0.500. The molecule has 0 aromatic carbocycles. The molecule has 1 nitrogen and oxygen atoms in total. The van der Waals surface area contributed by atoms with Gasteiger partial charge in [-0.3, -0.25) is 0 Å². The second-order valence-corrected chi connectivity index (χ2v) is 2.73. The van der Waals surface area contributed by atoms with Gasteiger partial charge in [0.2, 0.25) is 0 Å². The molecule has 1 aromatic rings. The molecule has 0 unspecified atom stereocenters. The van der Waals surface area contributed by atoms with E-state index < -0.39 is 0 Å². The van der Waals surface area contributed by atoms with Gasteiger partial charge in [0.1, 0.15) is 0 Å². The van der Waals surface area contributed by atoms with E-state index in [1.54, 1.807) is 11.3 Å². The largest absolute Gasteiger partial charge is 0.384 e. The van der Waals surface area contributed by atoms with Crippen LogP contribution in [0.1, 0.15) is 5.56 Å². The predicted molar refractivity (Wildman–Crippen MR) is 36.5 cm³/mol. The lowest BCUT2D eigenvalue weighted by Gasteiger charge is -1.86. The Bertz CT molecular complexity index is 174. The molecule has 0 fully saturated rings. The Morgan fingerprint density at radius 3 is 3.38 bits per heavy atom. The number of nitrogens with one attached hydrogen (secondary N) is 1. The van der Waals surface area contributed by atoms with E-state index >= 15 is 0 Å². The molecule has 42 valence electrons. The highest BCUT2D eigenvalue weighted by atomic mass is 32.1. The normalized spacial score (nSPS) is 15.5. The third-order valence-electron chi connectivity index (χ3n) is 1.45. The summed E-state index contributed by atoms with van der Waals surface area (Å²) in [6.07, 6.45) is 1.22. The summed E-state index contributed by atoms with van der Waals surface area (Å²) in [7, 11) is 0. The van der Waals surface area contributed by atoms with Crippen LogP contribution in [0.25, 0.3) is 0 Å². The summed E-state index contributed by atoms with van der Waals surface area (Å²) >= 11 is 1.78. The molecule has 1 N–H and O–H groups in total. The number of anilines is 1. The lowest BCUT2D eigenvalue weighted by atomic mass is 10.3. The second-order valence-electron chi connectivity index (χ2n) is 1.99. The molecule has 8 heavy (non-hydrogen) atoms. The minimum Gasteiger partial charge on any atom is -0.384 e. The maximum absolute atomic E-state index is 3.29. The first kappa shape index (κ1) is 4.39. The monoisotopic (exact) mass is 125 g/mol. The highest BCUT2D eigenvalue weighted by Crippen LogP contribution is 2.25. The van der Waals surface area contributed by atoms with Crippen LogP contribution in [0.4, 0.5) is 5.69 Å². The molecule has 0 saturated carbocycles. The Morgan fingerprint density at radius 1 is 1.50 bits per heavy atom. The highest BCUT2D eigenvalue weighted by Gasteiger charge is 2.08. The number of thiophene rings is 1. The van der Waals surface area contributed by atoms with Crippen LogP contribution in [0.15, 0.2) is 10.8 Å². The van der Waals surface area contributed by atoms with Gasteiger partial charge in [-0.15, -0.1) is 11.3 Å². The minimum absolute atomic E-state index is 1.14. The van der Waals surface area contributed by atoms with E-state index in [0.29, 0.717) is 0 Å². The third-order valence-corrected chi connectivity index (χ3v) is 2.24. The maximum atomic E-state index is 3.29. The van der Waals surface area contributed by atoms with E-state index in [1.165, 1.54) is 17.7 Å².